The largest absolute Gasteiger partial charge is 0.346 e. The molecule has 120 valence electrons. The lowest BCUT2D eigenvalue weighted by Gasteiger charge is -2.10. The van der Waals surface area contributed by atoms with E-state index in [1.807, 2.05) is 32.0 Å². The van der Waals surface area contributed by atoms with Crippen molar-refractivity contribution in [3.63, 3.8) is 0 Å². The zero-order chi connectivity index (χ0) is 16.7. The molecule has 0 saturated carbocycles. The molecule has 0 unspecified atom stereocenters. The van der Waals surface area contributed by atoms with Crippen LogP contribution in [0.5, 0.6) is 0 Å². The first-order valence-corrected chi connectivity index (χ1v) is 7.88. The molecule has 0 aromatic heterocycles. The number of hydrogen-bond acceptors (Lipinski definition) is 4. The number of carbonyl (C=O) groups excluding carboxylic acids is 3. The van der Waals surface area contributed by atoms with E-state index >= 15 is 0 Å². The molecule has 1 aromatic carbocycles. The second-order valence-electron chi connectivity index (χ2n) is 5.17. The van der Waals surface area contributed by atoms with Gasteiger partial charge in [-0.1, -0.05) is 6.07 Å². The van der Waals surface area contributed by atoms with Gasteiger partial charge in [-0.05, 0) is 51.0 Å². The number of hydrazine groups is 1. The molecule has 0 saturated heterocycles. The summed E-state index contributed by atoms with van der Waals surface area (Å²) in [6.45, 7) is 7.51. The van der Waals surface area contributed by atoms with Gasteiger partial charge >= 0.3 is 11.8 Å². The van der Waals surface area contributed by atoms with Crippen molar-refractivity contribution in [2.75, 3.05) is 5.75 Å². The summed E-state index contributed by atoms with van der Waals surface area (Å²) in [5, 5.41) is 2.43. The van der Waals surface area contributed by atoms with Crippen LogP contribution < -0.4 is 16.2 Å². The first-order chi connectivity index (χ1) is 10.3. The highest BCUT2D eigenvalue weighted by atomic mass is 32.2. The molecule has 1 aromatic rings. The van der Waals surface area contributed by atoms with Crippen LogP contribution >= 0.6 is 11.8 Å². The van der Waals surface area contributed by atoms with Crippen LogP contribution in [-0.2, 0) is 14.4 Å². The van der Waals surface area contributed by atoms with Crippen molar-refractivity contribution in [2.45, 2.75) is 38.6 Å². The van der Waals surface area contributed by atoms with Crippen LogP contribution in [0.25, 0.3) is 0 Å². The van der Waals surface area contributed by atoms with Crippen molar-refractivity contribution in [1.82, 2.24) is 16.2 Å². The number of amides is 3. The molecule has 0 bridgehead atoms. The molecule has 0 aliphatic heterocycles. The molecule has 0 fully saturated rings. The molecular weight excluding hydrogens is 302 g/mol. The first kappa shape index (κ1) is 18.0. The first-order valence-electron chi connectivity index (χ1n) is 6.89. The Hall–Kier alpha value is -2.02. The van der Waals surface area contributed by atoms with Gasteiger partial charge in [0, 0.05) is 10.9 Å². The molecule has 0 aliphatic rings. The number of hydrogen-bond donors (Lipinski definition) is 3. The van der Waals surface area contributed by atoms with E-state index in [-0.39, 0.29) is 17.7 Å². The van der Waals surface area contributed by atoms with E-state index in [4.69, 9.17) is 0 Å². The van der Waals surface area contributed by atoms with Gasteiger partial charge in [-0.15, -0.1) is 11.8 Å². The molecule has 0 spiro atoms. The Bertz CT molecular complexity index is 573. The third kappa shape index (κ3) is 6.17. The summed E-state index contributed by atoms with van der Waals surface area (Å²) in [6.07, 6.45) is 0. The van der Waals surface area contributed by atoms with E-state index < -0.39 is 11.8 Å². The van der Waals surface area contributed by atoms with E-state index in [1.54, 1.807) is 13.8 Å². The Morgan fingerprint density at radius 1 is 1.05 bits per heavy atom. The fourth-order valence-electron chi connectivity index (χ4n) is 1.50. The van der Waals surface area contributed by atoms with Crippen molar-refractivity contribution < 1.29 is 14.4 Å². The van der Waals surface area contributed by atoms with Crippen molar-refractivity contribution in [2.24, 2.45) is 0 Å². The maximum absolute atomic E-state index is 11.6. The normalized spacial score (nSPS) is 10.2. The van der Waals surface area contributed by atoms with Crippen LogP contribution in [0.1, 0.15) is 25.0 Å². The van der Waals surface area contributed by atoms with Crippen LogP contribution in [0.2, 0.25) is 0 Å². The Labute approximate surface area is 134 Å². The van der Waals surface area contributed by atoms with E-state index in [0.29, 0.717) is 0 Å². The molecular formula is C15H21N3O3S. The maximum Gasteiger partial charge on any atom is 0.327 e. The predicted octanol–water partition coefficient (Wildman–Crippen LogP) is 1.07. The Balaban J connectivity index is 2.36. The van der Waals surface area contributed by atoms with Crippen molar-refractivity contribution in [3.8, 4) is 0 Å². The number of nitrogens with one attached hydrogen (secondary N) is 3. The summed E-state index contributed by atoms with van der Waals surface area (Å²) >= 11 is 1.36. The Kier molecular flexibility index (Phi) is 6.91. The van der Waals surface area contributed by atoms with Crippen LogP contribution in [0.3, 0.4) is 0 Å². The number of benzene rings is 1. The van der Waals surface area contributed by atoms with Gasteiger partial charge in [0.2, 0.25) is 5.91 Å². The number of thioether (sulfide) groups is 1. The summed E-state index contributed by atoms with van der Waals surface area (Å²) in [5.74, 6) is -1.90. The predicted molar refractivity (Wildman–Crippen MR) is 86.2 cm³/mol. The average molecular weight is 323 g/mol. The highest BCUT2D eigenvalue weighted by Gasteiger charge is 2.14. The lowest BCUT2D eigenvalue weighted by molar-refractivity contribution is -0.141. The van der Waals surface area contributed by atoms with Gasteiger partial charge in [0.25, 0.3) is 0 Å². The van der Waals surface area contributed by atoms with Gasteiger partial charge in [0.05, 0.1) is 5.75 Å². The fraction of sp³-hybridized carbons (Fsp3) is 0.400. The van der Waals surface area contributed by atoms with E-state index in [0.717, 1.165) is 10.5 Å². The Morgan fingerprint density at radius 3 is 2.32 bits per heavy atom. The molecule has 0 heterocycles. The van der Waals surface area contributed by atoms with E-state index in [9.17, 15) is 14.4 Å². The Morgan fingerprint density at radius 2 is 1.73 bits per heavy atom. The monoisotopic (exact) mass is 323 g/mol. The van der Waals surface area contributed by atoms with Gasteiger partial charge in [0.1, 0.15) is 0 Å². The van der Waals surface area contributed by atoms with Crippen LogP contribution in [0, 0.1) is 13.8 Å². The summed E-state index contributed by atoms with van der Waals surface area (Å²) in [6, 6.07) is 5.79. The van der Waals surface area contributed by atoms with Crippen molar-refractivity contribution in [3.05, 3.63) is 29.3 Å². The van der Waals surface area contributed by atoms with Gasteiger partial charge in [-0.25, -0.2) is 0 Å². The average Bonchev–Trinajstić information content (AvgIpc) is 2.45. The molecule has 3 N–H and O–H groups in total. The minimum absolute atomic E-state index is 0.144. The minimum Gasteiger partial charge on any atom is -0.346 e. The van der Waals surface area contributed by atoms with Gasteiger partial charge in [-0.3, -0.25) is 25.2 Å². The fourth-order valence-corrected chi connectivity index (χ4v) is 2.29. The van der Waals surface area contributed by atoms with Gasteiger partial charge in [0.15, 0.2) is 0 Å². The molecule has 7 heteroatoms. The number of rotatable bonds is 4. The van der Waals surface area contributed by atoms with E-state index in [2.05, 4.69) is 16.2 Å². The van der Waals surface area contributed by atoms with Crippen molar-refractivity contribution in [1.29, 1.82) is 0 Å². The number of carbonyl (C=O) groups is 3. The zero-order valence-corrected chi connectivity index (χ0v) is 14.0. The second kappa shape index (κ2) is 8.43. The highest BCUT2D eigenvalue weighted by molar-refractivity contribution is 8.00. The third-order valence-corrected chi connectivity index (χ3v) is 3.78. The van der Waals surface area contributed by atoms with Crippen LogP contribution in [0.15, 0.2) is 23.1 Å². The van der Waals surface area contributed by atoms with Crippen LogP contribution in [-0.4, -0.2) is 29.5 Å². The van der Waals surface area contributed by atoms with Gasteiger partial charge < -0.3 is 5.32 Å². The van der Waals surface area contributed by atoms with Crippen LogP contribution in [0.4, 0.5) is 0 Å². The molecule has 1 rings (SSSR count). The molecule has 6 nitrogen and oxygen atoms in total. The standard InChI is InChI=1S/C15H21N3O3S/c1-9(2)16-14(20)15(21)18-17-13(19)8-22-12-6-5-10(3)11(4)7-12/h5-7,9H,8H2,1-4H3,(H,16,20)(H,17,19)(H,18,21). The van der Waals surface area contributed by atoms with Gasteiger partial charge in [-0.2, -0.15) is 0 Å². The minimum atomic E-state index is -0.891. The highest BCUT2D eigenvalue weighted by Crippen LogP contribution is 2.20. The molecule has 0 atom stereocenters. The summed E-state index contributed by atoms with van der Waals surface area (Å²) in [7, 11) is 0. The number of aryl methyl sites for hydroxylation is 2. The SMILES string of the molecule is Cc1ccc(SCC(=O)NNC(=O)C(=O)NC(C)C)cc1C. The zero-order valence-electron chi connectivity index (χ0n) is 13.1. The molecule has 0 radical (unpaired) electrons. The summed E-state index contributed by atoms with van der Waals surface area (Å²) < 4.78 is 0. The summed E-state index contributed by atoms with van der Waals surface area (Å²) in [5.41, 5.74) is 6.64. The molecule has 0 aliphatic carbocycles. The molecule has 3 amide bonds. The topological polar surface area (TPSA) is 87.3 Å². The second-order valence-corrected chi connectivity index (χ2v) is 6.21. The maximum atomic E-state index is 11.6. The lowest BCUT2D eigenvalue weighted by atomic mass is 10.1. The lowest BCUT2D eigenvalue weighted by Crippen LogP contribution is -2.50. The molecule has 22 heavy (non-hydrogen) atoms. The van der Waals surface area contributed by atoms with E-state index in [1.165, 1.54) is 17.3 Å². The quantitative estimate of drug-likeness (QED) is 0.439. The smallest absolute Gasteiger partial charge is 0.327 e. The third-order valence-electron chi connectivity index (χ3n) is 2.79. The van der Waals surface area contributed by atoms with Crippen molar-refractivity contribution >= 4 is 29.5 Å². The summed E-state index contributed by atoms with van der Waals surface area (Å²) in [4.78, 5) is 35.3.